The van der Waals surface area contributed by atoms with Gasteiger partial charge in [0.15, 0.2) is 5.82 Å². The molecule has 0 spiro atoms. The van der Waals surface area contributed by atoms with Gasteiger partial charge in [-0.3, -0.25) is 0 Å². The molecule has 4 rings (SSSR count). The van der Waals surface area contributed by atoms with E-state index < -0.39 is 0 Å². The fraction of sp³-hybridized carbons (Fsp3) is 0.381. The third-order valence-corrected chi connectivity index (χ3v) is 5.13. The molecule has 0 bridgehead atoms. The van der Waals surface area contributed by atoms with E-state index in [-0.39, 0.29) is 6.09 Å². The molecule has 28 heavy (non-hydrogen) atoms. The number of piperazine rings is 1. The van der Waals surface area contributed by atoms with Gasteiger partial charge >= 0.3 is 6.09 Å². The maximum Gasteiger partial charge on any atom is 0.409 e. The molecule has 7 nitrogen and oxygen atoms in total. The predicted molar refractivity (Wildman–Crippen MR) is 109 cm³/mol. The topological polar surface area (TPSA) is 63.0 Å². The molecule has 1 amide bonds. The molecule has 0 radical (unpaired) electrons. The van der Waals surface area contributed by atoms with Crippen molar-refractivity contribution in [3.05, 3.63) is 47.8 Å². The van der Waals surface area contributed by atoms with E-state index in [1.807, 2.05) is 17.6 Å². The van der Waals surface area contributed by atoms with E-state index in [1.165, 1.54) is 11.1 Å². The summed E-state index contributed by atoms with van der Waals surface area (Å²) in [6.07, 6.45) is 3.41. The monoisotopic (exact) mass is 379 g/mol. The first-order valence-corrected chi connectivity index (χ1v) is 9.65. The molecule has 7 heteroatoms. The maximum absolute atomic E-state index is 11.9. The Balaban J connectivity index is 1.61. The number of ether oxygens (including phenoxy) is 1. The first kappa shape index (κ1) is 18.3. The first-order valence-electron chi connectivity index (χ1n) is 9.65. The van der Waals surface area contributed by atoms with Crippen LogP contribution in [0.5, 0.6) is 0 Å². The summed E-state index contributed by atoms with van der Waals surface area (Å²) in [6.45, 7) is 9.12. The zero-order valence-electron chi connectivity index (χ0n) is 16.6. The fourth-order valence-electron chi connectivity index (χ4n) is 3.70. The molecule has 0 atom stereocenters. The highest BCUT2D eigenvalue weighted by molar-refractivity contribution is 5.77. The Bertz CT molecular complexity index is 1010. The summed E-state index contributed by atoms with van der Waals surface area (Å²) in [5.74, 6) is 0.898. The lowest BCUT2D eigenvalue weighted by Gasteiger charge is -2.34. The minimum atomic E-state index is -0.241. The molecule has 0 aliphatic carbocycles. The molecule has 1 aliphatic heterocycles. The van der Waals surface area contributed by atoms with Gasteiger partial charge in [0.25, 0.3) is 0 Å². The lowest BCUT2D eigenvalue weighted by atomic mass is 10.0. The number of amides is 1. The highest BCUT2D eigenvalue weighted by Crippen LogP contribution is 2.28. The smallest absolute Gasteiger partial charge is 0.409 e. The van der Waals surface area contributed by atoms with Crippen molar-refractivity contribution >= 4 is 17.4 Å². The van der Waals surface area contributed by atoms with Crippen LogP contribution in [0.15, 0.2) is 36.7 Å². The second-order valence-electron chi connectivity index (χ2n) is 7.10. The quantitative estimate of drug-likeness (QED) is 0.699. The van der Waals surface area contributed by atoms with Crippen molar-refractivity contribution in [3.8, 4) is 11.3 Å². The summed E-state index contributed by atoms with van der Waals surface area (Å²) in [7, 11) is 0. The van der Waals surface area contributed by atoms with Crippen LogP contribution in [0.25, 0.3) is 16.8 Å². The minimum Gasteiger partial charge on any atom is -0.450 e. The van der Waals surface area contributed by atoms with Crippen molar-refractivity contribution in [2.45, 2.75) is 20.8 Å². The second-order valence-corrected chi connectivity index (χ2v) is 7.10. The average molecular weight is 379 g/mol. The van der Waals surface area contributed by atoms with Gasteiger partial charge < -0.3 is 14.5 Å². The number of benzene rings is 1. The normalized spacial score (nSPS) is 14.5. The number of nitrogens with zero attached hydrogens (tertiary/aromatic N) is 5. The van der Waals surface area contributed by atoms with E-state index in [0.29, 0.717) is 19.7 Å². The molecule has 146 valence electrons. The molecule has 1 aliphatic rings. The summed E-state index contributed by atoms with van der Waals surface area (Å²) in [4.78, 5) is 20.5. The average Bonchev–Trinajstić information content (AvgIpc) is 3.12. The summed E-state index contributed by atoms with van der Waals surface area (Å²) >= 11 is 0. The van der Waals surface area contributed by atoms with Crippen molar-refractivity contribution in [3.63, 3.8) is 0 Å². The van der Waals surface area contributed by atoms with Crippen LogP contribution in [0.3, 0.4) is 0 Å². The Kier molecular flexibility index (Phi) is 4.90. The number of aromatic nitrogens is 3. The maximum atomic E-state index is 11.9. The van der Waals surface area contributed by atoms with Crippen molar-refractivity contribution in [1.82, 2.24) is 19.5 Å². The van der Waals surface area contributed by atoms with Crippen LogP contribution >= 0.6 is 0 Å². The van der Waals surface area contributed by atoms with Crippen molar-refractivity contribution in [2.24, 2.45) is 0 Å². The Hall–Kier alpha value is -3.09. The molecular weight excluding hydrogens is 354 g/mol. The van der Waals surface area contributed by atoms with Gasteiger partial charge in [-0.2, -0.15) is 5.10 Å². The molecule has 1 aromatic carbocycles. The third-order valence-electron chi connectivity index (χ3n) is 5.13. The number of carbonyl (C=O) groups is 1. The molecule has 0 N–H and O–H groups in total. The molecule has 2 aromatic heterocycles. The Morgan fingerprint density at radius 2 is 1.93 bits per heavy atom. The summed E-state index contributed by atoms with van der Waals surface area (Å²) in [5.41, 5.74) is 5.50. The summed E-state index contributed by atoms with van der Waals surface area (Å²) < 4.78 is 6.99. The minimum absolute atomic E-state index is 0.241. The zero-order valence-corrected chi connectivity index (χ0v) is 16.6. The van der Waals surface area contributed by atoms with Crippen molar-refractivity contribution in [2.75, 3.05) is 37.7 Å². The van der Waals surface area contributed by atoms with E-state index in [4.69, 9.17) is 9.84 Å². The lowest BCUT2D eigenvalue weighted by Crippen LogP contribution is -2.49. The van der Waals surface area contributed by atoms with Gasteiger partial charge in [0.05, 0.1) is 12.3 Å². The molecule has 1 saturated heterocycles. The van der Waals surface area contributed by atoms with Gasteiger partial charge in [-0.1, -0.05) is 23.8 Å². The van der Waals surface area contributed by atoms with Crippen LogP contribution < -0.4 is 4.90 Å². The molecular formula is C21H25N5O2. The number of fused-ring (bicyclic) bond motifs is 1. The SMILES string of the molecule is CCOC(=O)N1CCN(c2nccn3nc(-c4ccc(C)cc4C)cc23)CC1. The van der Waals surface area contributed by atoms with Gasteiger partial charge in [0, 0.05) is 44.1 Å². The number of carbonyl (C=O) groups excluding carboxylic acids is 1. The van der Waals surface area contributed by atoms with E-state index in [2.05, 4.69) is 48.0 Å². The van der Waals surface area contributed by atoms with Crippen LogP contribution in [0, 0.1) is 13.8 Å². The van der Waals surface area contributed by atoms with Crippen LogP contribution in [0.4, 0.5) is 10.6 Å². The number of hydrogen-bond acceptors (Lipinski definition) is 5. The molecule has 3 aromatic rings. The Morgan fingerprint density at radius 1 is 1.14 bits per heavy atom. The second kappa shape index (κ2) is 7.50. The van der Waals surface area contributed by atoms with E-state index >= 15 is 0 Å². The van der Waals surface area contributed by atoms with Crippen molar-refractivity contribution < 1.29 is 9.53 Å². The number of hydrogen-bond donors (Lipinski definition) is 0. The number of aryl methyl sites for hydroxylation is 2. The van der Waals surface area contributed by atoms with Gasteiger partial charge in [0.2, 0.25) is 0 Å². The summed E-state index contributed by atoms with van der Waals surface area (Å²) in [6, 6.07) is 8.50. The largest absolute Gasteiger partial charge is 0.450 e. The van der Waals surface area contributed by atoms with E-state index in [1.54, 1.807) is 11.1 Å². The van der Waals surface area contributed by atoms with Crippen LogP contribution in [-0.2, 0) is 4.74 Å². The lowest BCUT2D eigenvalue weighted by molar-refractivity contribution is 0.105. The fourth-order valence-corrected chi connectivity index (χ4v) is 3.70. The number of anilines is 1. The van der Waals surface area contributed by atoms with Gasteiger partial charge in [-0.05, 0) is 32.4 Å². The van der Waals surface area contributed by atoms with Crippen LogP contribution in [0.1, 0.15) is 18.1 Å². The Morgan fingerprint density at radius 3 is 2.64 bits per heavy atom. The van der Waals surface area contributed by atoms with Gasteiger partial charge in [-0.25, -0.2) is 14.3 Å². The molecule has 3 heterocycles. The van der Waals surface area contributed by atoms with Crippen LogP contribution in [-0.4, -0.2) is 58.4 Å². The Labute approximate surface area is 164 Å². The third kappa shape index (κ3) is 3.40. The standard InChI is InChI=1S/C21H25N5O2/c1-4-28-21(27)25-11-9-24(10-12-25)20-19-14-18(23-26(19)8-7-22-20)17-6-5-15(2)13-16(17)3/h5-8,13-14H,4,9-12H2,1-3H3. The zero-order chi connectivity index (χ0) is 19.7. The highest BCUT2D eigenvalue weighted by Gasteiger charge is 2.24. The molecule has 1 fully saturated rings. The van der Waals surface area contributed by atoms with E-state index in [9.17, 15) is 4.79 Å². The molecule has 0 unspecified atom stereocenters. The van der Waals surface area contributed by atoms with Crippen LogP contribution in [0.2, 0.25) is 0 Å². The first-order chi connectivity index (χ1) is 13.6. The summed E-state index contributed by atoms with van der Waals surface area (Å²) in [5, 5.41) is 4.76. The van der Waals surface area contributed by atoms with E-state index in [0.717, 1.165) is 35.7 Å². The predicted octanol–water partition coefficient (Wildman–Crippen LogP) is 3.29. The van der Waals surface area contributed by atoms with Gasteiger partial charge in [0.1, 0.15) is 5.52 Å². The van der Waals surface area contributed by atoms with Crippen molar-refractivity contribution in [1.29, 1.82) is 0 Å². The number of rotatable bonds is 3. The molecule has 0 saturated carbocycles. The van der Waals surface area contributed by atoms with Gasteiger partial charge in [-0.15, -0.1) is 0 Å². The highest BCUT2D eigenvalue weighted by atomic mass is 16.6.